The lowest BCUT2D eigenvalue weighted by atomic mass is 9.97. The summed E-state index contributed by atoms with van der Waals surface area (Å²) in [6.07, 6.45) is 11.3. The van der Waals surface area contributed by atoms with E-state index in [1.165, 1.54) is 56.7 Å². The summed E-state index contributed by atoms with van der Waals surface area (Å²) in [6, 6.07) is 0.392. The normalized spacial score (nSPS) is 21.3. The van der Waals surface area contributed by atoms with Crippen LogP contribution in [0.15, 0.2) is 0 Å². The smallest absolute Gasteiger partial charge is 0.230 e. The number of rotatable bonds is 3. The lowest BCUT2D eigenvalue weighted by molar-refractivity contribution is -0.119. The van der Waals surface area contributed by atoms with E-state index in [4.69, 9.17) is 12.2 Å². The number of amides is 1. The van der Waals surface area contributed by atoms with Gasteiger partial charge in [-0.2, -0.15) is 0 Å². The molecule has 1 saturated carbocycles. The van der Waals surface area contributed by atoms with Crippen molar-refractivity contribution in [3.05, 3.63) is 0 Å². The third kappa shape index (κ3) is 5.60. The predicted molar refractivity (Wildman–Crippen MR) is 90.1 cm³/mol. The predicted octanol–water partition coefficient (Wildman–Crippen LogP) is 3.33. The van der Waals surface area contributed by atoms with Crippen LogP contribution in [-0.4, -0.2) is 40.0 Å². The Morgan fingerprint density at radius 2 is 1.65 bits per heavy atom. The molecule has 5 heteroatoms. The number of carbonyl (C=O) groups is 1. The summed E-state index contributed by atoms with van der Waals surface area (Å²) < 4.78 is 0.898. The van der Waals surface area contributed by atoms with Gasteiger partial charge < -0.3 is 10.2 Å². The average Bonchev–Trinajstić information content (AvgIpc) is 2.93. The fourth-order valence-electron chi connectivity index (χ4n) is 2.99. The third-order valence-electron chi connectivity index (χ3n) is 4.16. The largest absolute Gasteiger partial charge is 0.358 e. The Hall–Kier alpha value is -0.290. The van der Waals surface area contributed by atoms with Crippen LogP contribution in [0.25, 0.3) is 0 Å². The van der Waals surface area contributed by atoms with E-state index in [1.54, 1.807) is 0 Å². The highest BCUT2D eigenvalue weighted by atomic mass is 32.2. The summed E-state index contributed by atoms with van der Waals surface area (Å²) in [5.74, 6) is 0.633. The Morgan fingerprint density at radius 3 is 2.30 bits per heavy atom. The zero-order chi connectivity index (χ0) is 14.2. The molecule has 20 heavy (non-hydrogen) atoms. The first-order chi connectivity index (χ1) is 9.75. The Labute approximate surface area is 132 Å². The molecule has 1 N–H and O–H groups in total. The first-order valence-electron chi connectivity index (χ1n) is 7.97. The molecule has 0 unspecified atom stereocenters. The standard InChI is InChI=1S/C15H26N2OS2/c18-14(12-20-15(19)17-10-6-7-11-17)16-13-8-4-2-1-3-5-9-13/h13H,1-12H2,(H,16,18). The molecule has 1 amide bonds. The summed E-state index contributed by atoms with van der Waals surface area (Å²) in [5, 5.41) is 3.19. The van der Waals surface area contributed by atoms with Crippen molar-refractivity contribution in [2.45, 2.75) is 63.8 Å². The molecule has 2 rings (SSSR count). The van der Waals surface area contributed by atoms with Gasteiger partial charge in [-0.1, -0.05) is 56.1 Å². The molecule has 0 spiro atoms. The number of thiocarbonyl (C=S) groups is 1. The summed E-state index contributed by atoms with van der Waals surface area (Å²) in [6.45, 7) is 2.13. The fraction of sp³-hybridized carbons (Fsp3) is 0.867. The van der Waals surface area contributed by atoms with Crippen molar-refractivity contribution in [3.8, 4) is 0 Å². The van der Waals surface area contributed by atoms with E-state index in [1.807, 2.05) is 0 Å². The molecule has 0 aromatic carbocycles. The first-order valence-corrected chi connectivity index (χ1v) is 9.36. The minimum atomic E-state index is 0.155. The van der Waals surface area contributed by atoms with Crippen molar-refractivity contribution in [1.29, 1.82) is 0 Å². The Morgan fingerprint density at radius 1 is 1.05 bits per heavy atom. The van der Waals surface area contributed by atoms with Crippen LogP contribution in [0, 0.1) is 0 Å². The molecule has 1 aliphatic carbocycles. The van der Waals surface area contributed by atoms with Gasteiger partial charge in [-0.15, -0.1) is 0 Å². The molecule has 114 valence electrons. The number of thioether (sulfide) groups is 1. The van der Waals surface area contributed by atoms with E-state index < -0.39 is 0 Å². The molecule has 0 radical (unpaired) electrons. The van der Waals surface area contributed by atoms with E-state index in [0.29, 0.717) is 11.8 Å². The van der Waals surface area contributed by atoms with Crippen molar-refractivity contribution in [2.75, 3.05) is 18.8 Å². The Kier molecular flexibility index (Phi) is 7.14. The zero-order valence-corrected chi connectivity index (χ0v) is 13.9. The lowest BCUT2D eigenvalue weighted by Gasteiger charge is -2.21. The molecular weight excluding hydrogens is 288 g/mol. The maximum Gasteiger partial charge on any atom is 0.230 e. The van der Waals surface area contributed by atoms with Gasteiger partial charge in [0.05, 0.1) is 5.75 Å². The monoisotopic (exact) mass is 314 g/mol. The van der Waals surface area contributed by atoms with Gasteiger partial charge in [0.25, 0.3) is 0 Å². The molecule has 0 aromatic heterocycles. The van der Waals surface area contributed by atoms with Crippen LogP contribution in [0.4, 0.5) is 0 Å². The molecular formula is C15H26N2OS2. The number of hydrogen-bond donors (Lipinski definition) is 1. The number of carbonyl (C=O) groups excluding carboxylic acids is 1. The number of likely N-dealkylation sites (tertiary alicyclic amines) is 1. The summed E-state index contributed by atoms with van der Waals surface area (Å²) in [7, 11) is 0. The second-order valence-electron chi connectivity index (χ2n) is 5.86. The molecule has 2 aliphatic rings. The summed E-state index contributed by atoms with van der Waals surface area (Å²) in [5.41, 5.74) is 0. The quantitative estimate of drug-likeness (QED) is 0.810. The maximum atomic E-state index is 12.0. The number of nitrogens with zero attached hydrogens (tertiary/aromatic N) is 1. The van der Waals surface area contributed by atoms with Gasteiger partial charge in [-0.25, -0.2) is 0 Å². The molecule has 0 bridgehead atoms. The molecule has 2 fully saturated rings. The van der Waals surface area contributed by atoms with Crippen LogP contribution in [0.1, 0.15) is 57.8 Å². The van der Waals surface area contributed by atoms with Gasteiger partial charge in [0, 0.05) is 19.1 Å². The molecule has 1 saturated heterocycles. The highest BCUT2D eigenvalue weighted by Gasteiger charge is 2.18. The number of hydrogen-bond acceptors (Lipinski definition) is 3. The van der Waals surface area contributed by atoms with E-state index in [9.17, 15) is 4.79 Å². The van der Waals surface area contributed by atoms with E-state index in [0.717, 1.165) is 30.3 Å². The van der Waals surface area contributed by atoms with E-state index >= 15 is 0 Å². The van der Waals surface area contributed by atoms with Gasteiger partial charge in [0.2, 0.25) is 5.91 Å². The van der Waals surface area contributed by atoms with Gasteiger partial charge in [0.1, 0.15) is 4.32 Å². The van der Waals surface area contributed by atoms with Gasteiger partial charge >= 0.3 is 0 Å². The molecule has 3 nitrogen and oxygen atoms in total. The minimum absolute atomic E-state index is 0.155. The van der Waals surface area contributed by atoms with Crippen molar-refractivity contribution in [3.63, 3.8) is 0 Å². The SMILES string of the molecule is O=C(CSC(=S)N1CCCC1)NC1CCCCCCC1. The first kappa shape index (κ1) is 16.1. The fourth-order valence-corrected chi connectivity index (χ4v) is 4.05. The van der Waals surface area contributed by atoms with Gasteiger partial charge in [-0.05, 0) is 25.7 Å². The average molecular weight is 315 g/mol. The highest BCUT2D eigenvalue weighted by molar-refractivity contribution is 8.23. The van der Waals surface area contributed by atoms with E-state index in [2.05, 4.69) is 10.2 Å². The second-order valence-corrected chi connectivity index (χ2v) is 7.47. The summed E-state index contributed by atoms with van der Waals surface area (Å²) in [4.78, 5) is 14.2. The molecule has 1 heterocycles. The highest BCUT2D eigenvalue weighted by Crippen LogP contribution is 2.18. The molecule has 1 aliphatic heterocycles. The topological polar surface area (TPSA) is 32.3 Å². The van der Waals surface area contributed by atoms with Gasteiger partial charge in [0.15, 0.2) is 0 Å². The van der Waals surface area contributed by atoms with Crippen molar-refractivity contribution in [2.24, 2.45) is 0 Å². The van der Waals surface area contributed by atoms with E-state index in [-0.39, 0.29) is 5.91 Å². The van der Waals surface area contributed by atoms with Crippen LogP contribution in [0.3, 0.4) is 0 Å². The Bertz CT molecular complexity index is 322. The maximum absolute atomic E-state index is 12.0. The lowest BCUT2D eigenvalue weighted by Crippen LogP contribution is -2.37. The van der Waals surface area contributed by atoms with Gasteiger partial charge in [-0.3, -0.25) is 4.79 Å². The van der Waals surface area contributed by atoms with Crippen LogP contribution in [-0.2, 0) is 4.79 Å². The van der Waals surface area contributed by atoms with Crippen LogP contribution in [0.5, 0.6) is 0 Å². The number of nitrogens with one attached hydrogen (secondary N) is 1. The van der Waals surface area contributed by atoms with Crippen LogP contribution < -0.4 is 5.32 Å². The third-order valence-corrected chi connectivity index (χ3v) is 5.68. The van der Waals surface area contributed by atoms with Crippen molar-refractivity contribution in [1.82, 2.24) is 10.2 Å². The van der Waals surface area contributed by atoms with Crippen molar-refractivity contribution >= 4 is 34.2 Å². The second kappa shape index (κ2) is 8.88. The van der Waals surface area contributed by atoms with Crippen LogP contribution >= 0.6 is 24.0 Å². The molecule has 0 atom stereocenters. The minimum Gasteiger partial charge on any atom is -0.358 e. The van der Waals surface area contributed by atoms with Crippen molar-refractivity contribution < 1.29 is 4.79 Å². The summed E-state index contributed by atoms with van der Waals surface area (Å²) >= 11 is 6.91. The van der Waals surface area contributed by atoms with Crippen LogP contribution in [0.2, 0.25) is 0 Å². The zero-order valence-electron chi connectivity index (χ0n) is 12.2. The Balaban J connectivity index is 1.64. The molecule has 0 aromatic rings.